The molecular weight excluding hydrogens is 280 g/mol. The lowest BCUT2D eigenvalue weighted by atomic mass is 9.44. The number of hydrogen-bond acceptors (Lipinski definition) is 3. The van der Waals surface area contributed by atoms with Crippen molar-refractivity contribution in [1.82, 2.24) is 10.2 Å². The van der Waals surface area contributed by atoms with E-state index in [1.165, 1.54) is 38.5 Å². The van der Waals surface area contributed by atoms with Crippen molar-refractivity contribution in [3.63, 3.8) is 0 Å². The van der Waals surface area contributed by atoms with Crippen molar-refractivity contribution in [2.45, 2.75) is 50.9 Å². The summed E-state index contributed by atoms with van der Waals surface area (Å²) in [5, 5.41) is 8.27. The van der Waals surface area contributed by atoms with E-state index in [9.17, 15) is 0 Å². The van der Waals surface area contributed by atoms with E-state index >= 15 is 0 Å². The van der Waals surface area contributed by atoms with Gasteiger partial charge in [0.1, 0.15) is 0 Å². The molecule has 1 aromatic rings. The Balaban J connectivity index is 1.79. The maximum Gasteiger partial charge on any atom is 0.284 e. The number of nitrogens with zero attached hydrogens (tertiary/aromatic N) is 2. The first-order valence-electron chi connectivity index (χ1n) is 6.57. The fourth-order valence-electron chi connectivity index (χ4n) is 5.39. The Kier molecular flexibility index (Phi) is 1.94. The minimum atomic E-state index is 0.206. The first kappa shape index (κ1) is 10.5. The normalized spacial score (nSPS) is 47.6. The topological polar surface area (TPSA) is 38.9 Å². The van der Waals surface area contributed by atoms with Crippen LogP contribution in [0.15, 0.2) is 9.22 Å². The van der Waals surface area contributed by atoms with Crippen LogP contribution in [0.25, 0.3) is 0 Å². The van der Waals surface area contributed by atoms with E-state index in [0.717, 1.165) is 17.7 Å². The van der Waals surface area contributed by atoms with Crippen LogP contribution in [0.2, 0.25) is 0 Å². The van der Waals surface area contributed by atoms with E-state index in [0.29, 0.717) is 10.2 Å². The van der Waals surface area contributed by atoms with Gasteiger partial charge in [0.05, 0.1) is 0 Å². The fourth-order valence-corrected chi connectivity index (χ4v) is 5.62. The van der Waals surface area contributed by atoms with Crippen LogP contribution in [0.4, 0.5) is 0 Å². The summed E-state index contributed by atoms with van der Waals surface area (Å²) in [6.45, 7) is 2.46. The van der Waals surface area contributed by atoms with Gasteiger partial charge in [-0.2, -0.15) is 0 Å². The second-order valence-electron chi connectivity index (χ2n) is 6.91. The van der Waals surface area contributed by atoms with Crippen LogP contribution in [0.3, 0.4) is 0 Å². The van der Waals surface area contributed by atoms with Gasteiger partial charge in [0.15, 0.2) is 0 Å². The van der Waals surface area contributed by atoms with Gasteiger partial charge >= 0.3 is 0 Å². The highest BCUT2D eigenvalue weighted by Crippen LogP contribution is 2.65. The van der Waals surface area contributed by atoms with Crippen LogP contribution in [0, 0.1) is 17.3 Å². The summed E-state index contributed by atoms with van der Waals surface area (Å²) < 4.78 is 5.71. The Morgan fingerprint density at radius 1 is 1.18 bits per heavy atom. The monoisotopic (exact) mass is 296 g/mol. The fraction of sp³-hybridized carbons (Fsp3) is 0.846. The Morgan fingerprint density at radius 2 is 1.88 bits per heavy atom. The van der Waals surface area contributed by atoms with Gasteiger partial charge < -0.3 is 4.42 Å². The van der Waals surface area contributed by atoms with Gasteiger partial charge in [-0.25, -0.2) is 0 Å². The van der Waals surface area contributed by atoms with Crippen LogP contribution in [0.5, 0.6) is 0 Å². The molecule has 0 saturated heterocycles. The molecule has 4 aliphatic carbocycles. The van der Waals surface area contributed by atoms with Crippen molar-refractivity contribution >= 4 is 15.9 Å². The Hall–Kier alpha value is -0.380. The summed E-state index contributed by atoms with van der Waals surface area (Å²) in [5.74, 6) is 2.68. The molecule has 2 unspecified atom stereocenters. The summed E-state index contributed by atoms with van der Waals surface area (Å²) in [6, 6.07) is 0. The van der Waals surface area contributed by atoms with Crippen molar-refractivity contribution in [3.05, 3.63) is 10.7 Å². The standard InChI is InChI=1S/C13H17BrN2O/c1-12-3-8-2-9(4-12)6-13(5-8,7-12)10-15-16-11(14)17-10/h8-9H,2-7H2,1H3. The van der Waals surface area contributed by atoms with Crippen LogP contribution >= 0.6 is 15.9 Å². The van der Waals surface area contributed by atoms with Gasteiger partial charge in [-0.15, -0.1) is 10.2 Å². The van der Waals surface area contributed by atoms with Gasteiger partial charge in [0.25, 0.3) is 4.80 Å². The second-order valence-corrected chi connectivity index (χ2v) is 7.59. The third-order valence-corrected chi connectivity index (χ3v) is 5.53. The molecule has 4 bridgehead atoms. The van der Waals surface area contributed by atoms with Crippen molar-refractivity contribution in [1.29, 1.82) is 0 Å². The first-order valence-corrected chi connectivity index (χ1v) is 7.36. The van der Waals surface area contributed by atoms with Crippen molar-refractivity contribution in [3.8, 4) is 0 Å². The lowest BCUT2D eigenvalue weighted by molar-refractivity contribution is -0.0712. The van der Waals surface area contributed by atoms with E-state index in [1.54, 1.807) is 0 Å². The molecular formula is C13H17BrN2O. The summed E-state index contributed by atoms with van der Waals surface area (Å²) in [7, 11) is 0. The zero-order valence-corrected chi connectivity index (χ0v) is 11.7. The smallest absolute Gasteiger partial charge is 0.284 e. The largest absolute Gasteiger partial charge is 0.415 e. The molecule has 1 heterocycles. The maximum atomic E-state index is 5.71. The van der Waals surface area contributed by atoms with E-state index < -0.39 is 0 Å². The molecule has 4 saturated carbocycles. The maximum absolute atomic E-state index is 5.71. The average molecular weight is 297 g/mol. The molecule has 0 radical (unpaired) electrons. The number of rotatable bonds is 1. The molecule has 4 fully saturated rings. The minimum absolute atomic E-state index is 0.206. The predicted molar refractivity (Wildman–Crippen MR) is 66.5 cm³/mol. The molecule has 4 heteroatoms. The molecule has 0 aliphatic heterocycles. The van der Waals surface area contributed by atoms with Crippen molar-refractivity contribution < 1.29 is 4.42 Å². The molecule has 1 aromatic heterocycles. The molecule has 2 atom stereocenters. The van der Waals surface area contributed by atoms with E-state index in [2.05, 4.69) is 33.1 Å². The lowest BCUT2D eigenvalue weighted by Crippen LogP contribution is -2.53. The van der Waals surface area contributed by atoms with Crippen LogP contribution in [0.1, 0.15) is 51.3 Å². The van der Waals surface area contributed by atoms with E-state index in [1.807, 2.05) is 0 Å². The summed E-state index contributed by atoms with van der Waals surface area (Å²) in [5.41, 5.74) is 0.739. The van der Waals surface area contributed by atoms with E-state index in [-0.39, 0.29) is 5.41 Å². The van der Waals surface area contributed by atoms with Crippen LogP contribution in [-0.4, -0.2) is 10.2 Å². The molecule has 0 N–H and O–H groups in total. The molecule has 0 amide bonds. The molecule has 5 rings (SSSR count). The van der Waals surface area contributed by atoms with Gasteiger partial charge in [-0.3, -0.25) is 0 Å². The highest BCUT2D eigenvalue weighted by Gasteiger charge is 2.58. The van der Waals surface area contributed by atoms with Gasteiger partial charge in [-0.05, 0) is 55.8 Å². The van der Waals surface area contributed by atoms with Gasteiger partial charge in [-0.1, -0.05) is 6.92 Å². The van der Waals surface area contributed by atoms with Crippen molar-refractivity contribution in [2.24, 2.45) is 17.3 Å². The van der Waals surface area contributed by atoms with Crippen LogP contribution in [-0.2, 0) is 5.41 Å². The molecule has 3 nitrogen and oxygen atoms in total. The zero-order chi connectivity index (χ0) is 11.7. The van der Waals surface area contributed by atoms with Crippen molar-refractivity contribution in [2.75, 3.05) is 0 Å². The summed E-state index contributed by atoms with van der Waals surface area (Å²) >= 11 is 3.28. The zero-order valence-electron chi connectivity index (χ0n) is 10.1. The van der Waals surface area contributed by atoms with Crippen LogP contribution < -0.4 is 0 Å². The minimum Gasteiger partial charge on any atom is -0.415 e. The lowest BCUT2D eigenvalue weighted by Gasteiger charge is -2.59. The number of halogens is 1. The molecule has 4 aliphatic rings. The Bertz CT molecular complexity index is 456. The predicted octanol–water partition coefficient (Wildman–Crippen LogP) is 3.69. The molecule has 92 valence electrons. The average Bonchev–Trinajstić information content (AvgIpc) is 2.61. The molecule has 17 heavy (non-hydrogen) atoms. The SMILES string of the molecule is CC12CC3CC(C1)CC(c1nnc(Br)o1)(C3)C2. The Morgan fingerprint density at radius 3 is 2.41 bits per heavy atom. The third kappa shape index (κ3) is 1.46. The quantitative estimate of drug-likeness (QED) is 0.793. The Labute approximate surface area is 109 Å². The number of hydrogen-bond donors (Lipinski definition) is 0. The van der Waals surface area contributed by atoms with E-state index in [4.69, 9.17) is 4.42 Å². The highest BCUT2D eigenvalue weighted by molar-refractivity contribution is 9.10. The molecule has 0 aromatic carbocycles. The highest BCUT2D eigenvalue weighted by atomic mass is 79.9. The first-order chi connectivity index (χ1) is 8.07. The molecule has 0 spiro atoms. The summed E-state index contributed by atoms with van der Waals surface area (Å²) in [6.07, 6.45) is 8.07. The third-order valence-electron chi connectivity index (χ3n) is 5.21. The second kappa shape index (κ2) is 3.14. The van der Waals surface area contributed by atoms with Gasteiger partial charge in [0, 0.05) is 21.3 Å². The summed E-state index contributed by atoms with van der Waals surface area (Å²) in [4.78, 5) is 0.536. The number of aromatic nitrogens is 2. The van der Waals surface area contributed by atoms with Gasteiger partial charge in [0.2, 0.25) is 5.89 Å².